The molecule has 1 fully saturated rings. The van der Waals surface area contributed by atoms with Crippen molar-refractivity contribution < 1.29 is 13.2 Å². The molecule has 2 aromatic carbocycles. The van der Waals surface area contributed by atoms with Crippen LogP contribution in [0.3, 0.4) is 0 Å². The van der Waals surface area contributed by atoms with Crippen molar-refractivity contribution in [3.63, 3.8) is 0 Å². The van der Waals surface area contributed by atoms with Gasteiger partial charge in [-0.1, -0.05) is 30.7 Å². The van der Waals surface area contributed by atoms with Crippen LogP contribution in [0.2, 0.25) is 0 Å². The first kappa shape index (κ1) is 22.2. The summed E-state index contributed by atoms with van der Waals surface area (Å²) in [7, 11) is -3.42. The summed E-state index contributed by atoms with van der Waals surface area (Å²) >= 11 is 0. The summed E-state index contributed by atoms with van der Waals surface area (Å²) in [5, 5.41) is 7.01. The minimum Gasteiger partial charge on any atom is -0.352 e. The van der Waals surface area contributed by atoms with E-state index in [2.05, 4.69) is 15.4 Å². The van der Waals surface area contributed by atoms with Gasteiger partial charge in [0, 0.05) is 26.1 Å². The van der Waals surface area contributed by atoms with Crippen molar-refractivity contribution >= 4 is 15.9 Å². The molecule has 1 amide bonds. The highest BCUT2D eigenvalue weighted by Gasteiger charge is 2.25. The summed E-state index contributed by atoms with van der Waals surface area (Å²) in [6, 6.07) is 14.6. The normalized spacial score (nSPS) is 14.9. The number of nitrogens with one attached hydrogen (secondary N) is 1. The van der Waals surface area contributed by atoms with Gasteiger partial charge in [0.25, 0.3) is 0 Å². The quantitative estimate of drug-likeness (QED) is 0.566. The zero-order valence-corrected chi connectivity index (χ0v) is 18.7. The molecule has 1 saturated heterocycles. The van der Waals surface area contributed by atoms with Crippen molar-refractivity contribution in [2.75, 3.05) is 13.1 Å². The molecule has 4 rings (SSSR count). The third-order valence-corrected chi connectivity index (χ3v) is 7.54. The van der Waals surface area contributed by atoms with E-state index < -0.39 is 10.0 Å². The summed E-state index contributed by atoms with van der Waals surface area (Å²) in [4.78, 5) is 16.5. The van der Waals surface area contributed by atoms with Gasteiger partial charge in [-0.2, -0.15) is 9.40 Å². The molecule has 0 saturated carbocycles. The molecular formula is C23H27N5O3S. The molecule has 168 valence electrons. The Morgan fingerprint density at radius 3 is 2.28 bits per heavy atom. The molecule has 9 heteroatoms. The molecule has 1 aliphatic rings. The predicted molar refractivity (Wildman–Crippen MR) is 121 cm³/mol. The van der Waals surface area contributed by atoms with Crippen molar-refractivity contribution in [1.82, 2.24) is 24.4 Å². The van der Waals surface area contributed by atoms with Gasteiger partial charge in [0.2, 0.25) is 15.9 Å². The second-order valence-electron chi connectivity index (χ2n) is 7.89. The lowest BCUT2D eigenvalue weighted by atomic mass is 10.1. The van der Waals surface area contributed by atoms with Gasteiger partial charge in [0.15, 0.2) is 0 Å². The summed E-state index contributed by atoms with van der Waals surface area (Å²) < 4.78 is 28.7. The smallest absolute Gasteiger partial charge is 0.243 e. The van der Waals surface area contributed by atoms with Crippen molar-refractivity contribution in [3.05, 3.63) is 72.3 Å². The van der Waals surface area contributed by atoms with Crippen LogP contribution >= 0.6 is 0 Å². The molecule has 32 heavy (non-hydrogen) atoms. The maximum absolute atomic E-state index is 12.7. The molecule has 1 N–H and O–H groups in total. The SMILES string of the molecule is O=C(CCc1ccc(S(=O)(=O)N2CCCCC2)cc1)NCc1ccc(-n2cncn2)cc1. The standard InChI is InChI=1S/C23H27N5O3S/c29-23(25-16-20-4-9-21(10-5-20)28-18-24-17-26-28)13-8-19-6-11-22(12-7-19)32(30,31)27-14-2-1-3-15-27/h4-7,9-12,17-18H,1-3,8,13-16H2,(H,25,29). The summed E-state index contributed by atoms with van der Waals surface area (Å²) in [5.74, 6) is -0.0460. The van der Waals surface area contributed by atoms with Crippen molar-refractivity contribution in [1.29, 1.82) is 0 Å². The van der Waals surface area contributed by atoms with E-state index in [1.807, 2.05) is 24.3 Å². The van der Waals surface area contributed by atoms with Crippen LogP contribution < -0.4 is 5.32 Å². The zero-order valence-electron chi connectivity index (χ0n) is 17.9. The van der Waals surface area contributed by atoms with Gasteiger partial charge in [-0.05, 0) is 54.7 Å². The second kappa shape index (κ2) is 10.1. The van der Waals surface area contributed by atoms with E-state index in [-0.39, 0.29) is 5.91 Å². The Labute approximate surface area is 188 Å². The Bertz CT molecular complexity index is 1120. The van der Waals surface area contributed by atoms with Gasteiger partial charge in [-0.15, -0.1) is 0 Å². The minimum atomic E-state index is -3.42. The summed E-state index contributed by atoms with van der Waals surface area (Å²) in [6.45, 7) is 1.63. The van der Waals surface area contributed by atoms with E-state index in [1.165, 1.54) is 6.33 Å². The fourth-order valence-electron chi connectivity index (χ4n) is 3.74. The number of aryl methyl sites for hydroxylation is 1. The van der Waals surface area contributed by atoms with E-state index in [0.717, 1.165) is 36.1 Å². The van der Waals surface area contributed by atoms with Gasteiger partial charge in [-0.3, -0.25) is 4.79 Å². The van der Waals surface area contributed by atoms with Crippen LogP contribution in [-0.4, -0.2) is 46.5 Å². The number of hydrogen-bond acceptors (Lipinski definition) is 5. The van der Waals surface area contributed by atoms with Crippen LogP contribution in [0.1, 0.15) is 36.8 Å². The second-order valence-corrected chi connectivity index (χ2v) is 9.83. The fourth-order valence-corrected chi connectivity index (χ4v) is 5.25. The number of carbonyl (C=O) groups is 1. The van der Waals surface area contributed by atoms with Crippen LogP contribution in [0, 0.1) is 0 Å². The van der Waals surface area contributed by atoms with E-state index in [0.29, 0.717) is 37.4 Å². The van der Waals surface area contributed by atoms with Crippen LogP contribution in [0.5, 0.6) is 0 Å². The number of aromatic nitrogens is 3. The highest BCUT2D eigenvalue weighted by Crippen LogP contribution is 2.21. The first-order valence-corrected chi connectivity index (χ1v) is 12.3. The summed E-state index contributed by atoms with van der Waals surface area (Å²) in [5.41, 5.74) is 2.84. The van der Waals surface area contributed by atoms with Gasteiger partial charge in [-0.25, -0.2) is 18.1 Å². The van der Waals surface area contributed by atoms with Gasteiger partial charge >= 0.3 is 0 Å². The van der Waals surface area contributed by atoms with E-state index in [4.69, 9.17) is 0 Å². The Morgan fingerprint density at radius 1 is 0.938 bits per heavy atom. The zero-order chi connectivity index (χ0) is 22.4. The van der Waals surface area contributed by atoms with E-state index in [1.54, 1.807) is 39.6 Å². The first-order chi connectivity index (χ1) is 15.5. The Kier molecular flexibility index (Phi) is 6.96. The average molecular weight is 454 g/mol. The predicted octanol–water partition coefficient (Wildman–Crippen LogP) is 2.69. The molecule has 3 aromatic rings. The molecule has 0 aliphatic carbocycles. The lowest BCUT2D eigenvalue weighted by Gasteiger charge is -2.25. The highest BCUT2D eigenvalue weighted by atomic mass is 32.2. The van der Waals surface area contributed by atoms with Crippen LogP contribution in [-0.2, 0) is 27.8 Å². The van der Waals surface area contributed by atoms with E-state index >= 15 is 0 Å². The van der Waals surface area contributed by atoms with Crippen molar-refractivity contribution in [3.8, 4) is 5.69 Å². The topological polar surface area (TPSA) is 97.2 Å². The molecule has 1 aliphatic heterocycles. The Morgan fingerprint density at radius 2 is 1.62 bits per heavy atom. The molecule has 0 atom stereocenters. The van der Waals surface area contributed by atoms with Crippen molar-refractivity contribution in [2.45, 2.75) is 43.5 Å². The highest BCUT2D eigenvalue weighted by molar-refractivity contribution is 7.89. The maximum Gasteiger partial charge on any atom is 0.243 e. The first-order valence-electron chi connectivity index (χ1n) is 10.8. The summed E-state index contributed by atoms with van der Waals surface area (Å²) in [6.07, 6.45) is 6.93. The molecule has 0 bridgehead atoms. The number of amides is 1. The lowest BCUT2D eigenvalue weighted by molar-refractivity contribution is -0.121. The van der Waals surface area contributed by atoms with E-state index in [9.17, 15) is 13.2 Å². The molecule has 0 radical (unpaired) electrons. The third-order valence-electron chi connectivity index (χ3n) is 5.63. The number of benzene rings is 2. The van der Waals surface area contributed by atoms with Gasteiger partial charge < -0.3 is 5.32 Å². The molecule has 1 aromatic heterocycles. The fraction of sp³-hybridized carbons (Fsp3) is 0.348. The number of nitrogens with zero attached hydrogens (tertiary/aromatic N) is 4. The monoisotopic (exact) mass is 453 g/mol. The number of sulfonamides is 1. The largest absolute Gasteiger partial charge is 0.352 e. The number of carbonyl (C=O) groups excluding carboxylic acids is 1. The van der Waals surface area contributed by atoms with Gasteiger partial charge in [0.05, 0.1) is 10.6 Å². The van der Waals surface area contributed by atoms with Crippen LogP contribution in [0.4, 0.5) is 0 Å². The maximum atomic E-state index is 12.7. The van der Waals surface area contributed by atoms with Crippen molar-refractivity contribution in [2.24, 2.45) is 0 Å². The number of rotatable bonds is 8. The Balaban J connectivity index is 1.25. The van der Waals surface area contributed by atoms with Crippen LogP contribution in [0.15, 0.2) is 66.1 Å². The average Bonchev–Trinajstić information content (AvgIpc) is 3.38. The molecule has 8 nitrogen and oxygen atoms in total. The number of piperidine rings is 1. The molecule has 0 unspecified atom stereocenters. The van der Waals surface area contributed by atoms with Gasteiger partial charge in [0.1, 0.15) is 12.7 Å². The third kappa shape index (κ3) is 5.41. The Hall–Kier alpha value is -3.04. The minimum absolute atomic E-state index is 0.0460. The lowest BCUT2D eigenvalue weighted by Crippen LogP contribution is -2.35. The molecular weight excluding hydrogens is 426 g/mol. The van der Waals surface area contributed by atoms with Crippen LogP contribution in [0.25, 0.3) is 5.69 Å². The molecule has 0 spiro atoms. The number of hydrogen-bond donors (Lipinski definition) is 1. The molecule has 2 heterocycles.